The Balaban J connectivity index is 1.83. The molecule has 24 nitrogen and oxygen atoms in total. The fourth-order valence-corrected chi connectivity index (χ4v) is 9.49. The van der Waals surface area contributed by atoms with Crippen molar-refractivity contribution in [3.05, 3.63) is 28.3 Å². The zero-order valence-electron chi connectivity index (χ0n) is 32.8. The Labute approximate surface area is 344 Å². The number of ketones is 1. The number of esters is 1. The molecule has 59 heavy (non-hydrogen) atoms. The molecule has 6 atom stereocenters. The minimum atomic E-state index is -4.80. The lowest BCUT2D eigenvalue weighted by Gasteiger charge is -2.34. The minimum Gasteiger partial charge on any atom is -0.419 e. The highest BCUT2D eigenvalue weighted by Gasteiger charge is 2.47. The molecule has 30 heteroatoms. The van der Waals surface area contributed by atoms with Crippen LogP contribution in [-0.2, 0) is 65.3 Å². The number of hydrogen-bond donors (Lipinski definition) is 5. The number of nitro groups is 1. The highest BCUT2D eigenvalue weighted by atomic mass is 32.2. The maximum atomic E-state index is 13.4. The van der Waals surface area contributed by atoms with E-state index in [0.29, 0.717) is 6.07 Å². The lowest BCUT2D eigenvalue weighted by atomic mass is 9.90. The summed E-state index contributed by atoms with van der Waals surface area (Å²) in [5, 5.41) is 19.2. The van der Waals surface area contributed by atoms with Crippen LogP contribution in [0.25, 0.3) is 0 Å². The summed E-state index contributed by atoms with van der Waals surface area (Å²) in [6.45, 7) is 3.92. The second-order valence-corrected chi connectivity index (χ2v) is 21.3. The number of phosphoric ester groups is 3. The number of amides is 1. The summed E-state index contributed by atoms with van der Waals surface area (Å²) in [5.41, 5.74) is -3.55. The first-order valence-electron chi connectivity index (χ1n) is 17.3. The highest BCUT2D eigenvalue weighted by Crippen LogP contribution is 2.50. The zero-order chi connectivity index (χ0) is 45.2. The summed E-state index contributed by atoms with van der Waals surface area (Å²) in [4.78, 5) is 79.5. The Kier molecular flexibility index (Phi) is 19.5. The summed E-state index contributed by atoms with van der Waals surface area (Å²) >= 11 is 1.00. The zero-order valence-corrected chi connectivity index (χ0v) is 37.1. The molecular formula is C29H48BN2O22P3S2. The number of Topliss-reactive ketones (excluding diaryl/α,β-unsaturated/α-hetero) is 1. The van der Waals surface area contributed by atoms with Crippen LogP contribution in [0.3, 0.4) is 0 Å². The van der Waals surface area contributed by atoms with Crippen LogP contribution in [-0.4, -0.2) is 136 Å². The lowest BCUT2D eigenvalue weighted by Crippen LogP contribution is -2.47. The number of rotatable bonds is 27. The molecule has 0 aliphatic carbocycles. The summed E-state index contributed by atoms with van der Waals surface area (Å²) in [6.07, 6.45) is -0.410. The van der Waals surface area contributed by atoms with Crippen molar-refractivity contribution in [2.45, 2.75) is 74.6 Å². The molecule has 336 valence electrons. The number of hydrogen-bond acceptors (Lipinski definition) is 19. The van der Waals surface area contributed by atoms with Crippen LogP contribution in [0.15, 0.2) is 23.1 Å². The normalized spacial score (nSPS) is 19.4. The largest absolute Gasteiger partial charge is 0.472 e. The first-order chi connectivity index (χ1) is 26.9. The predicted octanol–water partition coefficient (Wildman–Crippen LogP) is 2.05. The second kappa shape index (κ2) is 21.8. The molecule has 1 aliphatic heterocycles. The van der Waals surface area contributed by atoms with Gasteiger partial charge in [0.15, 0.2) is 5.78 Å². The maximum absolute atomic E-state index is 13.4. The van der Waals surface area contributed by atoms with E-state index in [1.54, 1.807) is 14.8 Å². The summed E-state index contributed by atoms with van der Waals surface area (Å²) in [5.74, 6) is -3.31. The fraction of sp³-hybridized carbons (Fsp3) is 0.690. The molecule has 1 saturated heterocycles. The van der Waals surface area contributed by atoms with Crippen molar-refractivity contribution in [3.8, 4) is 5.75 Å². The quantitative estimate of drug-likeness (QED) is 0.00969. The van der Waals surface area contributed by atoms with Crippen LogP contribution in [0, 0.1) is 16.0 Å². The van der Waals surface area contributed by atoms with Crippen LogP contribution in [0.1, 0.15) is 47.5 Å². The standard InChI is InChI=1S/C29H48BN2O22P3S2/c1-19(13-29(4,5)54-57(43,44)51-11-10-49-55(39,40)48-8-9-50-56(41,42)52-17-20(30)16-33)18-58-26-23(34)15-31(27(26)36)28(2,3)14-25(35)53-24-7-6-21(59(45,46)47)12-22(24)32(37)38/h6-7,12,19-20,26,33H,8-11,13-18,30H2,1-5H3,(H,39,40)(H,41,42)(H,43,44)(H,45,46,47). The van der Waals surface area contributed by atoms with Gasteiger partial charge < -0.3 is 29.4 Å². The average molecular weight is 945 g/mol. The van der Waals surface area contributed by atoms with Gasteiger partial charge in [0, 0.05) is 18.2 Å². The molecule has 0 radical (unpaired) electrons. The van der Waals surface area contributed by atoms with E-state index in [1.165, 1.54) is 27.7 Å². The van der Waals surface area contributed by atoms with Gasteiger partial charge in [-0.25, -0.2) is 13.7 Å². The molecule has 1 fully saturated rings. The number of likely N-dealkylation sites (tertiary alicyclic amines) is 1. The van der Waals surface area contributed by atoms with E-state index in [9.17, 15) is 65.8 Å². The molecule has 6 unspecified atom stereocenters. The SMILES string of the molecule is BC(CO)COP(=O)(O)OCCOP(=O)(O)OCCOP(=O)(O)OC(C)(C)CC(C)CSC1C(=O)CN(C(C)(C)CC(=O)Oc2ccc(S(=O)(=O)O)cc2[N+](=O)[O-])C1=O. The number of carbonyl (C=O) groups excluding carboxylic acids is 3. The number of aliphatic hydroxyl groups excluding tert-OH is 1. The first-order valence-corrected chi connectivity index (χ1v) is 24.3. The second-order valence-electron chi connectivity index (χ2n) is 14.4. The van der Waals surface area contributed by atoms with Gasteiger partial charge in [-0.2, -0.15) is 8.42 Å². The number of ether oxygens (including phenoxy) is 1. The van der Waals surface area contributed by atoms with E-state index in [2.05, 4.69) is 18.1 Å². The van der Waals surface area contributed by atoms with Crippen LogP contribution < -0.4 is 4.74 Å². The number of benzene rings is 1. The molecule has 1 aromatic carbocycles. The van der Waals surface area contributed by atoms with Gasteiger partial charge in [-0.3, -0.25) is 56.2 Å². The predicted molar refractivity (Wildman–Crippen MR) is 208 cm³/mol. The molecule has 0 aromatic heterocycles. The molecule has 1 amide bonds. The number of phosphoric acid groups is 3. The number of carbonyl (C=O) groups is 3. The first kappa shape index (κ1) is 53.0. The monoisotopic (exact) mass is 944 g/mol. The Bertz CT molecular complexity index is 1940. The van der Waals surface area contributed by atoms with E-state index in [0.717, 1.165) is 28.8 Å². The molecule has 0 spiro atoms. The Morgan fingerprint density at radius 1 is 1.00 bits per heavy atom. The smallest absolute Gasteiger partial charge is 0.419 e. The molecule has 1 heterocycles. The summed E-state index contributed by atoms with van der Waals surface area (Å²) in [6, 6.07) is 2.12. The highest BCUT2D eigenvalue weighted by molar-refractivity contribution is 8.01. The van der Waals surface area contributed by atoms with Crippen molar-refractivity contribution in [1.82, 2.24) is 4.90 Å². The van der Waals surface area contributed by atoms with Crippen molar-refractivity contribution >= 4 is 76.5 Å². The van der Waals surface area contributed by atoms with Gasteiger partial charge in [0.1, 0.15) is 18.0 Å². The molecule has 0 saturated carbocycles. The number of nitro benzene ring substituents is 1. The average Bonchev–Trinajstić information content (AvgIpc) is 3.38. The number of aliphatic hydroxyl groups is 1. The summed E-state index contributed by atoms with van der Waals surface area (Å²) < 4.78 is 102. The molecule has 1 aromatic rings. The Morgan fingerprint density at radius 3 is 2.03 bits per heavy atom. The third-order valence-corrected chi connectivity index (χ3v) is 13.5. The van der Waals surface area contributed by atoms with Crippen molar-refractivity contribution in [3.63, 3.8) is 0 Å². The van der Waals surface area contributed by atoms with Gasteiger partial charge in [0.25, 0.3) is 10.1 Å². The van der Waals surface area contributed by atoms with Crippen LogP contribution >= 0.6 is 35.2 Å². The van der Waals surface area contributed by atoms with Crippen molar-refractivity contribution < 1.29 is 97.6 Å². The molecular weight excluding hydrogens is 896 g/mol. The number of thioether (sulfide) groups is 1. The topological polar surface area (TPSA) is 349 Å². The van der Waals surface area contributed by atoms with Crippen molar-refractivity contribution in [1.29, 1.82) is 0 Å². The van der Waals surface area contributed by atoms with Crippen LogP contribution in [0.4, 0.5) is 5.69 Å². The van der Waals surface area contributed by atoms with Gasteiger partial charge in [0.05, 0.1) is 56.5 Å². The van der Waals surface area contributed by atoms with Crippen molar-refractivity contribution in [2.24, 2.45) is 5.92 Å². The van der Waals surface area contributed by atoms with Gasteiger partial charge >= 0.3 is 35.1 Å². The lowest BCUT2D eigenvalue weighted by molar-refractivity contribution is -0.385. The minimum absolute atomic E-state index is 0.117. The third kappa shape index (κ3) is 18.4. The third-order valence-electron chi connectivity index (χ3n) is 7.82. The Morgan fingerprint density at radius 2 is 1.53 bits per heavy atom. The van der Waals surface area contributed by atoms with Crippen molar-refractivity contribution in [2.75, 3.05) is 51.9 Å². The van der Waals surface area contributed by atoms with Gasteiger partial charge in [-0.05, 0) is 63.7 Å². The van der Waals surface area contributed by atoms with E-state index < -0.39 is 128 Å². The van der Waals surface area contributed by atoms with Crippen LogP contribution in [0.2, 0.25) is 5.82 Å². The van der Waals surface area contributed by atoms with E-state index in [-0.39, 0.29) is 37.9 Å². The summed E-state index contributed by atoms with van der Waals surface area (Å²) in [7, 11) is -17.3. The molecule has 5 N–H and O–H groups in total. The van der Waals surface area contributed by atoms with Gasteiger partial charge in [-0.1, -0.05) is 6.92 Å². The molecule has 0 bridgehead atoms. The fourth-order valence-electron chi connectivity index (χ4n) is 5.26. The van der Waals surface area contributed by atoms with E-state index in [4.69, 9.17) is 18.9 Å². The maximum Gasteiger partial charge on any atom is 0.472 e. The van der Waals surface area contributed by atoms with E-state index >= 15 is 0 Å². The van der Waals surface area contributed by atoms with Gasteiger partial charge in [-0.15, -0.1) is 11.8 Å². The van der Waals surface area contributed by atoms with Gasteiger partial charge in [0.2, 0.25) is 11.7 Å². The Hall–Kier alpha value is -2.16. The molecule has 1 aliphatic rings. The number of nitrogens with zero attached hydrogens (tertiary/aromatic N) is 2. The molecule has 2 rings (SSSR count). The van der Waals surface area contributed by atoms with Crippen LogP contribution in [0.5, 0.6) is 5.75 Å². The van der Waals surface area contributed by atoms with E-state index in [1.807, 2.05) is 0 Å².